The van der Waals surface area contributed by atoms with Crippen LogP contribution < -0.4 is 10.1 Å². The van der Waals surface area contributed by atoms with Gasteiger partial charge in [-0.2, -0.15) is 0 Å². The SMILES string of the molecule is CCc1nccn1C1CCCN(CC(=O)Nc2nc3c(OC)cccc3s2)C1. The third kappa shape index (κ3) is 3.88. The molecule has 0 spiro atoms. The molecule has 0 saturated carbocycles. The van der Waals surface area contributed by atoms with Crippen LogP contribution in [0.15, 0.2) is 30.6 Å². The molecule has 1 aromatic carbocycles. The molecule has 8 heteroatoms. The first-order valence-electron chi connectivity index (χ1n) is 9.65. The minimum atomic E-state index is -0.0278. The molecule has 1 atom stereocenters. The smallest absolute Gasteiger partial charge is 0.240 e. The van der Waals surface area contributed by atoms with Crippen LogP contribution in [0.2, 0.25) is 0 Å². The summed E-state index contributed by atoms with van der Waals surface area (Å²) in [6.45, 7) is 4.30. The Morgan fingerprint density at radius 3 is 3.14 bits per heavy atom. The predicted octanol–water partition coefficient (Wildman–Crippen LogP) is 3.34. The van der Waals surface area contributed by atoms with Gasteiger partial charge in [0.1, 0.15) is 17.1 Å². The largest absolute Gasteiger partial charge is 0.494 e. The second-order valence-electron chi connectivity index (χ2n) is 7.01. The molecule has 3 aromatic rings. The van der Waals surface area contributed by atoms with E-state index >= 15 is 0 Å². The molecule has 1 amide bonds. The van der Waals surface area contributed by atoms with Crippen LogP contribution in [-0.4, -0.2) is 52.1 Å². The number of nitrogens with one attached hydrogen (secondary N) is 1. The molecular weight excluding hydrogens is 374 g/mol. The standard InChI is InChI=1S/C20H25N5O2S/c1-3-17-21-9-11-25(17)14-6-5-10-24(12-14)13-18(26)22-20-23-19-15(27-2)7-4-8-16(19)28-20/h4,7-9,11,14H,3,5-6,10,12-13H2,1-2H3,(H,22,23,26). The fourth-order valence-corrected chi connectivity index (χ4v) is 4.75. The number of ether oxygens (including phenoxy) is 1. The lowest BCUT2D eigenvalue weighted by Crippen LogP contribution is -2.41. The van der Waals surface area contributed by atoms with Gasteiger partial charge in [-0.3, -0.25) is 9.69 Å². The monoisotopic (exact) mass is 399 g/mol. The number of amides is 1. The second kappa shape index (κ2) is 8.28. The highest BCUT2D eigenvalue weighted by atomic mass is 32.1. The molecule has 1 aliphatic heterocycles. The Morgan fingerprint density at radius 2 is 2.32 bits per heavy atom. The van der Waals surface area contributed by atoms with Crippen molar-refractivity contribution in [3.05, 3.63) is 36.4 Å². The lowest BCUT2D eigenvalue weighted by atomic mass is 10.1. The number of hydrogen-bond acceptors (Lipinski definition) is 6. The number of aryl methyl sites for hydroxylation is 1. The van der Waals surface area contributed by atoms with Gasteiger partial charge in [-0.05, 0) is 31.5 Å². The van der Waals surface area contributed by atoms with Gasteiger partial charge in [-0.15, -0.1) is 0 Å². The molecule has 1 aliphatic rings. The van der Waals surface area contributed by atoms with Crippen LogP contribution in [0.25, 0.3) is 10.2 Å². The molecular formula is C20H25N5O2S. The number of methoxy groups -OCH3 is 1. The molecule has 1 N–H and O–H groups in total. The maximum absolute atomic E-state index is 12.6. The van der Waals surface area contributed by atoms with Gasteiger partial charge in [0.05, 0.1) is 18.4 Å². The van der Waals surface area contributed by atoms with Gasteiger partial charge in [0, 0.05) is 31.4 Å². The van der Waals surface area contributed by atoms with E-state index in [4.69, 9.17) is 4.74 Å². The number of imidazole rings is 1. The van der Waals surface area contributed by atoms with Crippen LogP contribution in [-0.2, 0) is 11.2 Å². The fourth-order valence-electron chi connectivity index (χ4n) is 3.86. The summed E-state index contributed by atoms with van der Waals surface area (Å²) in [6, 6.07) is 6.17. The first-order valence-corrected chi connectivity index (χ1v) is 10.5. The third-order valence-electron chi connectivity index (χ3n) is 5.15. The van der Waals surface area contributed by atoms with Crippen molar-refractivity contribution in [2.24, 2.45) is 0 Å². The summed E-state index contributed by atoms with van der Waals surface area (Å²) in [5.41, 5.74) is 0.788. The first kappa shape index (κ1) is 18.9. The molecule has 1 fully saturated rings. The van der Waals surface area contributed by atoms with Crippen molar-refractivity contribution in [2.75, 3.05) is 32.1 Å². The van der Waals surface area contributed by atoms with E-state index < -0.39 is 0 Å². The number of para-hydroxylation sites is 1. The zero-order chi connectivity index (χ0) is 19.5. The van der Waals surface area contributed by atoms with Gasteiger partial charge in [0.2, 0.25) is 5.91 Å². The number of thiazole rings is 1. The van der Waals surface area contributed by atoms with Gasteiger partial charge >= 0.3 is 0 Å². The Hall–Kier alpha value is -2.45. The van der Waals surface area contributed by atoms with E-state index in [9.17, 15) is 4.79 Å². The molecule has 0 aliphatic carbocycles. The van der Waals surface area contributed by atoms with Crippen molar-refractivity contribution in [2.45, 2.75) is 32.2 Å². The van der Waals surface area contributed by atoms with Crippen LogP contribution in [0.5, 0.6) is 5.75 Å². The van der Waals surface area contributed by atoms with Gasteiger partial charge in [-0.1, -0.05) is 24.3 Å². The Morgan fingerprint density at radius 1 is 1.43 bits per heavy atom. The summed E-state index contributed by atoms with van der Waals surface area (Å²) in [6.07, 6.45) is 7.05. The molecule has 1 saturated heterocycles. The molecule has 7 nitrogen and oxygen atoms in total. The fraction of sp³-hybridized carbons (Fsp3) is 0.450. The van der Waals surface area contributed by atoms with E-state index in [1.54, 1.807) is 7.11 Å². The van der Waals surface area contributed by atoms with Crippen LogP contribution in [0, 0.1) is 0 Å². The summed E-state index contributed by atoms with van der Waals surface area (Å²) >= 11 is 1.47. The van der Waals surface area contributed by atoms with Crippen molar-refractivity contribution < 1.29 is 9.53 Å². The lowest BCUT2D eigenvalue weighted by Gasteiger charge is -2.33. The number of carbonyl (C=O) groups excluding carboxylic acids is 1. The molecule has 28 heavy (non-hydrogen) atoms. The Bertz CT molecular complexity index is 967. The average molecular weight is 400 g/mol. The highest BCUT2D eigenvalue weighted by Gasteiger charge is 2.24. The van der Waals surface area contributed by atoms with Crippen LogP contribution >= 0.6 is 11.3 Å². The van der Waals surface area contributed by atoms with Crippen LogP contribution in [0.3, 0.4) is 0 Å². The number of carbonyl (C=O) groups is 1. The molecule has 0 radical (unpaired) electrons. The number of hydrogen-bond donors (Lipinski definition) is 1. The molecule has 1 unspecified atom stereocenters. The van der Waals surface area contributed by atoms with Gasteiger partial charge in [0.25, 0.3) is 0 Å². The zero-order valence-electron chi connectivity index (χ0n) is 16.2. The van der Waals surface area contributed by atoms with Crippen molar-refractivity contribution in [1.82, 2.24) is 19.4 Å². The van der Waals surface area contributed by atoms with Crippen LogP contribution in [0.1, 0.15) is 31.6 Å². The molecule has 4 rings (SSSR count). The maximum Gasteiger partial charge on any atom is 0.240 e. The quantitative estimate of drug-likeness (QED) is 0.688. The van der Waals surface area contributed by atoms with E-state index in [0.717, 1.165) is 54.1 Å². The Balaban J connectivity index is 1.39. The lowest BCUT2D eigenvalue weighted by molar-refractivity contribution is -0.117. The number of anilines is 1. The van der Waals surface area contributed by atoms with Gasteiger partial charge in [0.15, 0.2) is 5.13 Å². The Kier molecular flexibility index (Phi) is 5.59. The highest BCUT2D eigenvalue weighted by molar-refractivity contribution is 7.22. The zero-order valence-corrected chi connectivity index (χ0v) is 17.0. The number of nitrogens with zero attached hydrogens (tertiary/aromatic N) is 4. The normalized spacial score (nSPS) is 17.7. The molecule has 2 aromatic heterocycles. The van der Waals surface area contributed by atoms with E-state index in [2.05, 4.69) is 37.9 Å². The van der Waals surface area contributed by atoms with Gasteiger partial charge < -0.3 is 14.6 Å². The summed E-state index contributed by atoms with van der Waals surface area (Å²) < 4.78 is 8.62. The summed E-state index contributed by atoms with van der Waals surface area (Å²) in [5, 5.41) is 3.57. The van der Waals surface area contributed by atoms with Crippen molar-refractivity contribution in [3.8, 4) is 5.75 Å². The minimum absolute atomic E-state index is 0.0278. The number of aromatic nitrogens is 3. The summed E-state index contributed by atoms with van der Waals surface area (Å²) in [4.78, 5) is 23.8. The number of piperidine rings is 1. The van der Waals surface area contributed by atoms with Gasteiger partial charge in [-0.25, -0.2) is 9.97 Å². The number of likely N-dealkylation sites (tertiary alicyclic amines) is 1. The van der Waals surface area contributed by atoms with Crippen molar-refractivity contribution >= 4 is 32.6 Å². The number of fused-ring (bicyclic) bond motifs is 1. The number of benzene rings is 1. The topological polar surface area (TPSA) is 72.3 Å². The van der Waals surface area contributed by atoms with Crippen molar-refractivity contribution in [1.29, 1.82) is 0 Å². The van der Waals surface area contributed by atoms with Crippen molar-refractivity contribution in [3.63, 3.8) is 0 Å². The van der Waals surface area contributed by atoms with E-state index in [0.29, 0.717) is 17.7 Å². The highest BCUT2D eigenvalue weighted by Crippen LogP contribution is 2.32. The average Bonchev–Trinajstić information content (AvgIpc) is 3.33. The van der Waals surface area contributed by atoms with E-state index in [1.807, 2.05) is 24.4 Å². The predicted molar refractivity (Wildman–Crippen MR) is 111 cm³/mol. The van der Waals surface area contributed by atoms with E-state index in [-0.39, 0.29) is 5.91 Å². The summed E-state index contributed by atoms with van der Waals surface area (Å²) in [5.74, 6) is 1.81. The number of rotatable bonds is 6. The summed E-state index contributed by atoms with van der Waals surface area (Å²) in [7, 11) is 1.63. The second-order valence-corrected chi connectivity index (χ2v) is 8.04. The third-order valence-corrected chi connectivity index (χ3v) is 6.09. The molecule has 0 bridgehead atoms. The van der Waals surface area contributed by atoms with Crippen LogP contribution in [0.4, 0.5) is 5.13 Å². The van der Waals surface area contributed by atoms with E-state index in [1.165, 1.54) is 11.3 Å². The molecule has 3 heterocycles. The molecule has 148 valence electrons. The maximum atomic E-state index is 12.6. The Labute approximate surface area is 168 Å². The first-order chi connectivity index (χ1) is 13.7. The minimum Gasteiger partial charge on any atom is -0.494 e.